The van der Waals surface area contributed by atoms with Crippen LogP contribution >= 0.6 is 0 Å². The molecule has 21 heavy (non-hydrogen) atoms. The van der Waals surface area contributed by atoms with Gasteiger partial charge in [0.15, 0.2) is 9.84 Å². The number of carbonyl (C=O) groups excluding carboxylic acids is 1. The van der Waals surface area contributed by atoms with Crippen LogP contribution in [-0.4, -0.2) is 74.3 Å². The fraction of sp³-hybridized carbons (Fsp3) is 0.833. The Bertz CT molecular complexity index is 500. The summed E-state index contributed by atoms with van der Waals surface area (Å²) in [7, 11) is -3.28. The van der Waals surface area contributed by atoms with E-state index in [0.29, 0.717) is 19.8 Å². The molecule has 9 heteroatoms. The molecule has 2 aliphatic rings. The van der Waals surface area contributed by atoms with Gasteiger partial charge in [-0.2, -0.15) is 0 Å². The van der Waals surface area contributed by atoms with Crippen molar-refractivity contribution in [2.24, 2.45) is 5.92 Å². The van der Waals surface area contributed by atoms with Crippen LogP contribution in [0.1, 0.15) is 12.8 Å². The monoisotopic (exact) mass is 320 g/mol. The first-order valence-corrected chi connectivity index (χ1v) is 8.74. The van der Waals surface area contributed by atoms with Gasteiger partial charge in [-0.3, -0.25) is 4.79 Å². The highest BCUT2D eigenvalue weighted by molar-refractivity contribution is 7.91. The summed E-state index contributed by atoms with van der Waals surface area (Å²) in [4.78, 5) is 24.3. The van der Waals surface area contributed by atoms with Gasteiger partial charge >= 0.3 is 12.0 Å². The lowest BCUT2D eigenvalue weighted by Crippen LogP contribution is -2.55. The molecule has 0 bridgehead atoms. The third-order valence-electron chi connectivity index (χ3n) is 3.77. The number of carbonyl (C=O) groups is 2. The van der Waals surface area contributed by atoms with Crippen LogP contribution in [-0.2, 0) is 19.4 Å². The molecule has 2 amide bonds. The van der Waals surface area contributed by atoms with Crippen molar-refractivity contribution < 1.29 is 27.9 Å². The van der Waals surface area contributed by atoms with Crippen molar-refractivity contribution in [2.45, 2.75) is 18.9 Å². The minimum absolute atomic E-state index is 0.0350. The van der Waals surface area contributed by atoms with Gasteiger partial charge in [0.1, 0.15) is 0 Å². The van der Waals surface area contributed by atoms with E-state index >= 15 is 0 Å². The minimum Gasteiger partial charge on any atom is -0.481 e. The number of amides is 2. The topological polar surface area (TPSA) is 113 Å². The zero-order valence-corrected chi connectivity index (χ0v) is 12.5. The number of urea groups is 1. The Morgan fingerprint density at radius 1 is 1.38 bits per heavy atom. The van der Waals surface area contributed by atoms with Gasteiger partial charge in [0.05, 0.1) is 30.6 Å². The molecule has 0 aromatic rings. The van der Waals surface area contributed by atoms with Crippen LogP contribution in [0.25, 0.3) is 0 Å². The maximum Gasteiger partial charge on any atom is 0.317 e. The van der Waals surface area contributed by atoms with Crippen LogP contribution in [0, 0.1) is 5.92 Å². The number of sulfone groups is 1. The molecule has 2 aliphatic heterocycles. The minimum atomic E-state index is -3.28. The zero-order chi connectivity index (χ0) is 15.5. The smallest absolute Gasteiger partial charge is 0.317 e. The summed E-state index contributed by atoms with van der Waals surface area (Å²) in [6, 6.07) is -1.20. The maximum absolute atomic E-state index is 12.1. The Kier molecular flexibility index (Phi) is 5.04. The van der Waals surface area contributed by atoms with Gasteiger partial charge in [-0.05, 0) is 6.42 Å². The van der Waals surface area contributed by atoms with Crippen LogP contribution in [0.4, 0.5) is 4.79 Å². The number of aliphatic carboxylic acids is 1. The van der Waals surface area contributed by atoms with Crippen molar-refractivity contribution in [1.29, 1.82) is 0 Å². The summed E-state index contributed by atoms with van der Waals surface area (Å²) in [6.07, 6.45) is 0.520. The lowest BCUT2D eigenvalue weighted by Gasteiger charge is -2.34. The van der Waals surface area contributed by atoms with E-state index in [2.05, 4.69) is 5.32 Å². The van der Waals surface area contributed by atoms with Crippen molar-refractivity contribution in [2.75, 3.05) is 37.8 Å². The van der Waals surface area contributed by atoms with Crippen LogP contribution in [0.15, 0.2) is 0 Å². The second kappa shape index (κ2) is 6.61. The third kappa shape index (κ3) is 4.57. The number of rotatable bonds is 4. The first kappa shape index (κ1) is 16.0. The highest BCUT2D eigenvalue weighted by atomic mass is 32.2. The molecule has 2 N–H and O–H groups in total. The van der Waals surface area contributed by atoms with E-state index in [1.54, 1.807) is 0 Å². The molecule has 2 heterocycles. The van der Waals surface area contributed by atoms with Crippen LogP contribution in [0.2, 0.25) is 0 Å². The predicted molar refractivity (Wildman–Crippen MR) is 73.7 cm³/mol. The van der Waals surface area contributed by atoms with Crippen molar-refractivity contribution in [1.82, 2.24) is 10.2 Å². The molecular formula is C12H20N2O6S. The predicted octanol–water partition coefficient (Wildman–Crippen LogP) is -0.694. The molecule has 0 saturated carbocycles. The number of hydrogen-bond acceptors (Lipinski definition) is 5. The van der Waals surface area contributed by atoms with E-state index in [0.717, 1.165) is 6.42 Å². The van der Waals surface area contributed by atoms with Gasteiger partial charge in [0, 0.05) is 25.6 Å². The molecule has 0 radical (unpaired) electrons. The van der Waals surface area contributed by atoms with Gasteiger partial charge in [-0.25, -0.2) is 13.2 Å². The fourth-order valence-electron chi connectivity index (χ4n) is 2.60. The lowest BCUT2D eigenvalue weighted by atomic mass is 10.1. The molecule has 2 saturated heterocycles. The van der Waals surface area contributed by atoms with E-state index in [-0.39, 0.29) is 30.4 Å². The number of hydrogen-bond donors (Lipinski definition) is 2. The Morgan fingerprint density at radius 3 is 2.76 bits per heavy atom. The fourth-order valence-corrected chi connectivity index (χ4v) is 4.13. The van der Waals surface area contributed by atoms with E-state index in [4.69, 9.17) is 9.84 Å². The molecule has 2 atom stereocenters. The molecule has 0 aromatic carbocycles. The number of ether oxygens (including phenoxy) is 1. The Labute approximate surface area is 123 Å². The summed E-state index contributed by atoms with van der Waals surface area (Å²) in [6.45, 7) is 1.78. The first-order valence-electron chi connectivity index (χ1n) is 6.92. The molecule has 2 fully saturated rings. The maximum atomic E-state index is 12.1. The van der Waals surface area contributed by atoms with Crippen molar-refractivity contribution in [3.63, 3.8) is 0 Å². The van der Waals surface area contributed by atoms with E-state index in [1.807, 2.05) is 0 Å². The Morgan fingerprint density at radius 2 is 2.14 bits per heavy atom. The third-order valence-corrected chi connectivity index (χ3v) is 5.46. The zero-order valence-electron chi connectivity index (χ0n) is 11.7. The normalized spacial score (nSPS) is 28.3. The van der Waals surface area contributed by atoms with Crippen LogP contribution in [0.5, 0.6) is 0 Å². The lowest BCUT2D eigenvalue weighted by molar-refractivity contribution is -0.138. The molecule has 0 spiro atoms. The largest absolute Gasteiger partial charge is 0.481 e. The molecule has 2 unspecified atom stereocenters. The highest BCUT2D eigenvalue weighted by Gasteiger charge is 2.35. The van der Waals surface area contributed by atoms with Crippen molar-refractivity contribution in [3.8, 4) is 0 Å². The van der Waals surface area contributed by atoms with E-state index in [1.165, 1.54) is 4.90 Å². The summed E-state index contributed by atoms with van der Waals surface area (Å²) < 4.78 is 28.4. The van der Waals surface area contributed by atoms with Crippen LogP contribution < -0.4 is 5.32 Å². The molecule has 0 aromatic heterocycles. The molecule has 120 valence electrons. The van der Waals surface area contributed by atoms with Gasteiger partial charge in [0.25, 0.3) is 0 Å². The number of carboxylic acid groups (broad SMARTS) is 1. The number of nitrogens with one attached hydrogen (secondary N) is 1. The Balaban J connectivity index is 1.94. The summed E-state index contributed by atoms with van der Waals surface area (Å²) in [5.74, 6) is -1.26. The molecule has 2 rings (SSSR count). The van der Waals surface area contributed by atoms with Gasteiger partial charge in [-0.15, -0.1) is 0 Å². The summed E-state index contributed by atoms with van der Waals surface area (Å²) >= 11 is 0. The van der Waals surface area contributed by atoms with E-state index < -0.39 is 27.9 Å². The van der Waals surface area contributed by atoms with E-state index in [9.17, 15) is 18.0 Å². The quantitative estimate of drug-likeness (QED) is 0.708. The van der Waals surface area contributed by atoms with Crippen LogP contribution in [0.3, 0.4) is 0 Å². The van der Waals surface area contributed by atoms with Gasteiger partial charge < -0.3 is 20.1 Å². The Hall–Kier alpha value is -1.35. The second-order valence-corrected chi connectivity index (χ2v) is 7.70. The average molecular weight is 320 g/mol. The average Bonchev–Trinajstić information content (AvgIpc) is 2.87. The highest BCUT2D eigenvalue weighted by Crippen LogP contribution is 2.16. The second-order valence-electron chi connectivity index (χ2n) is 5.48. The first-order chi connectivity index (χ1) is 9.87. The van der Waals surface area contributed by atoms with Gasteiger partial charge in [-0.1, -0.05) is 0 Å². The molecule has 0 aliphatic carbocycles. The summed E-state index contributed by atoms with van der Waals surface area (Å²) in [5.41, 5.74) is 0. The standard InChI is InChI=1S/C12H20N2O6S/c15-11(16)5-10-8-21(18,19)4-2-14(10)12(17)13-6-9-1-3-20-7-9/h9-10H,1-8H2,(H,13,17)(H,15,16). The molecule has 8 nitrogen and oxygen atoms in total. The molecular weight excluding hydrogens is 300 g/mol. The SMILES string of the molecule is O=C(O)CC1CS(=O)(=O)CCN1C(=O)NCC1CCOC1. The van der Waals surface area contributed by atoms with Crippen molar-refractivity contribution >= 4 is 21.8 Å². The number of carboxylic acids is 1. The van der Waals surface area contributed by atoms with Crippen molar-refractivity contribution in [3.05, 3.63) is 0 Å². The van der Waals surface area contributed by atoms with Gasteiger partial charge in [0.2, 0.25) is 0 Å². The summed E-state index contributed by atoms with van der Waals surface area (Å²) in [5, 5.41) is 11.6. The number of nitrogens with zero attached hydrogens (tertiary/aromatic N) is 1.